The third-order valence-corrected chi connectivity index (χ3v) is 7.08. The summed E-state index contributed by atoms with van der Waals surface area (Å²) in [6.07, 6.45) is 0. The first-order chi connectivity index (χ1) is 9.04. The minimum atomic E-state index is -3.32. The summed E-state index contributed by atoms with van der Waals surface area (Å²) in [6.45, 7) is 4.15. The third kappa shape index (κ3) is 3.77. The smallest absolute Gasteiger partial charge is 0.252 e. The summed E-state index contributed by atoms with van der Waals surface area (Å²) in [6, 6.07) is 3.42. The molecule has 5 nitrogen and oxygen atoms in total. The maximum absolute atomic E-state index is 12.4. The Bertz CT molecular complexity index is 510. The molecule has 0 N–H and O–H groups in total. The molecule has 19 heavy (non-hydrogen) atoms. The SMILES string of the molecule is COCCN1CCN(S(=O)(=O)c2ccc(Br)s2)CC1. The second-order valence-corrected chi connectivity index (χ2v) is 8.92. The van der Waals surface area contributed by atoms with Gasteiger partial charge in [0, 0.05) is 39.8 Å². The van der Waals surface area contributed by atoms with E-state index in [1.807, 2.05) is 0 Å². The molecule has 0 saturated carbocycles. The van der Waals surface area contributed by atoms with Gasteiger partial charge in [-0.25, -0.2) is 8.42 Å². The molecule has 1 aromatic rings. The fourth-order valence-corrected chi connectivity index (χ4v) is 5.56. The molecule has 0 atom stereocenters. The fraction of sp³-hybridized carbons (Fsp3) is 0.636. The lowest BCUT2D eigenvalue weighted by atomic mass is 10.4. The molecular formula is C11H17BrN2O3S2. The van der Waals surface area contributed by atoms with Crippen LogP contribution in [0.25, 0.3) is 0 Å². The van der Waals surface area contributed by atoms with Crippen LogP contribution in [-0.2, 0) is 14.8 Å². The van der Waals surface area contributed by atoms with Gasteiger partial charge in [0.2, 0.25) is 0 Å². The van der Waals surface area contributed by atoms with Gasteiger partial charge in [-0.2, -0.15) is 4.31 Å². The van der Waals surface area contributed by atoms with Gasteiger partial charge in [-0.15, -0.1) is 11.3 Å². The van der Waals surface area contributed by atoms with Crippen LogP contribution >= 0.6 is 27.3 Å². The Morgan fingerprint density at radius 1 is 1.32 bits per heavy atom. The van der Waals surface area contributed by atoms with Crippen LogP contribution < -0.4 is 0 Å². The van der Waals surface area contributed by atoms with Crippen molar-refractivity contribution in [2.24, 2.45) is 0 Å². The monoisotopic (exact) mass is 368 g/mol. The highest BCUT2D eigenvalue weighted by molar-refractivity contribution is 9.11. The quantitative estimate of drug-likeness (QED) is 0.789. The van der Waals surface area contributed by atoms with Crippen molar-refractivity contribution < 1.29 is 13.2 Å². The van der Waals surface area contributed by atoms with Crippen LogP contribution in [0.5, 0.6) is 0 Å². The van der Waals surface area contributed by atoms with Crippen LogP contribution in [-0.4, -0.2) is 64.1 Å². The van der Waals surface area contributed by atoms with E-state index in [0.29, 0.717) is 23.9 Å². The third-order valence-electron chi connectivity index (χ3n) is 3.09. The van der Waals surface area contributed by atoms with Crippen LogP contribution in [0.2, 0.25) is 0 Å². The molecule has 0 unspecified atom stereocenters. The Kier molecular flexibility index (Phi) is 5.38. The molecule has 1 aliphatic rings. The van der Waals surface area contributed by atoms with E-state index in [-0.39, 0.29) is 0 Å². The Hall–Kier alpha value is 0.01000. The predicted octanol–water partition coefficient (Wildman–Crippen LogP) is 1.46. The molecule has 2 heterocycles. The standard InChI is InChI=1S/C11H17BrN2O3S2/c1-17-9-8-13-4-6-14(7-5-13)19(15,16)11-3-2-10(12)18-11/h2-3H,4-9H2,1H3. The van der Waals surface area contributed by atoms with Crippen molar-refractivity contribution >= 4 is 37.3 Å². The highest BCUT2D eigenvalue weighted by Crippen LogP contribution is 2.28. The summed E-state index contributed by atoms with van der Waals surface area (Å²) in [7, 11) is -1.65. The minimum Gasteiger partial charge on any atom is -0.383 e. The minimum absolute atomic E-state index is 0.407. The molecule has 0 bridgehead atoms. The van der Waals surface area contributed by atoms with E-state index >= 15 is 0 Å². The van der Waals surface area contributed by atoms with Gasteiger partial charge in [0.05, 0.1) is 10.4 Å². The van der Waals surface area contributed by atoms with Crippen molar-refractivity contribution in [3.05, 3.63) is 15.9 Å². The van der Waals surface area contributed by atoms with Crippen LogP contribution in [0.15, 0.2) is 20.1 Å². The van der Waals surface area contributed by atoms with Crippen LogP contribution in [0.4, 0.5) is 0 Å². The topological polar surface area (TPSA) is 49.9 Å². The second kappa shape index (κ2) is 6.64. The normalized spacial score (nSPS) is 18.8. The zero-order valence-corrected chi connectivity index (χ0v) is 13.9. The van der Waals surface area contributed by atoms with E-state index in [4.69, 9.17) is 4.74 Å². The van der Waals surface area contributed by atoms with Gasteiger partial charge >= 0.3 is 0 Å². The maximum Gasteiger partial charge on any atom is 0.252 e. The molecule has 0 radical (unpaired) electrons. The van der Waals surface area contributed by atoms with E-state index in [0.717, 1.165) is 23.4 Å². The van der Waals surface area contributed by atoms with E-state index in [1.54, 1.807) is 23.5 Å². The Labute approximate surface area is 126 Å². The first-order valence-electron chi connectivity index (χ1n) is 6.01. The predicted molar refractivity (Wildman–Crippen MR) is 79.1 cm³/mol. The molecule has 0 aromatic carbocycles. The zero-order valence-electron chi connectivity index (χ0n) is 10.7. The Morgan fingerprint density at radius 3 is 2.53 bits per heavy atom. The Morgan fingerprint density at radius 2 is 2.00 bits per heavy atom. The summed E-state index contributed by atoms with van der Waals surface area (Å²) >= 11 is 4.56. The van der Waals surface area contributed by atoms with E-state index < -0.39 is 10.0 Å². The fourth-order valence-electron chi connectivity index (χ4n) is 1.98. The molecule has 0 amide bonds. The van der Waals surface area contributed by atoms with Crippen molar-refractivity contribution in [1.82, 2.24) is 9.21 Å². The van der Waals surface area contributed by atoms with Gasteiger partial charge in [-0.1, -0.05) is 0 Å². The van der Waals surface area contributed by atoms with Gasteiger partial charge in [0.1, 0.15) is 4.21 Å². The summed E-state index contributed by atoms with van der Waals surface area (Å²) in [5.74, 6) is 0. The van der Waals surface area contributed by atoms with E-state index in [9.17, 15) is 8.42 Å². The molecule has 1 saturated heterocycles. The Balaban J connectivity index is 1.97. The number of ether oxygens (including phenoxy) is 1. The van der Waals surface area contributed by atoms with Crippen molar-refractivity contribution in [3.63, 3.8) is 0 Å². The molecule has 108 valence electrons. The number of thiophene rings is 1. The van der Waals surface area contributed by atoms with Crippen molar-refractivity contribution in [2.45, 2.75) is 4.21 Å². The molecule has 8 heteroatoms. The molecular weight excluding hydrogens is 352 g/mol. The van der Waals surface area contributed by atoms with E-state index in [2.05, 4.69) is 20.8 Å². The second-order valence-electron chi connectivity index (χ2n) is 4.30. The number of hydrogen-bond acceptors (Lipinski definition) is 5. The van der Waals surface area contributed by atoms with Crippen molar-refractivity contribution in [2.75, 3.05) is 46.4 Å². The average molecular weight is 369 g/mol. The van der Waals surface area contributed by atoms with Gasteiger partial charge in [-0.05, 0) is 28.1 Å². The van der Waals surface area contributed by atoms with Gasteiger partial charge in [0.15, 0.2) is 0 Å². The molecule has 2 rings (SSSR count). The summed E-state index contributed by atoms with van der Waals surface area (Å²) in [5, 5.41) is 0. The number of methoxy groups -OCH3 is 1. The molecule has 0 aliphatic carbocycles. The first-order valence-corrected chi connectivity index (χ1v) is 9.06. The summed E-state index contributed by atoms with van der Waals surface area (Å²) in [4.78, 5) is 2.22. The molecule has 0 spiro atoms. The highest BCUT2D eigenvalue weighted by Gasteiger charge is 2.29. The van der Waals surface area contributed by atoms with E-state index in [1.165, 1.54) is 11.3 Å². The number of nitrogens with zero attached hydrogens (tertiary/aromatic N) is 2. The van der Waals surface area contributed by atoms with Gasteiger partial charge in [0.25, 0.3) is 10.0 Å². The first kappa shape index (κ1) is 15.4. The number of hydrogen-bond donors (Lipinski definition) is 0. The van der Waals surface area contributed by atoms with Gasteiger partial charge < -0.3 is 4.74 Å². The lowest BCUT2D eigenvalue weighted by molar-refractivity contribution is 0.123. The van der Waals surface area contributed by atoms with Gasteiger partial charge in [-0.3, -0.25) is 4.90 Å². The average Bonchev–Trinajstić information content (AvgIpc) is 2.84. The maximum atomic E-state index is 12.4. The summed E-state index contributed by atoms with van der Waals surface area (Å²) in [5.41, 5.74) is 0. The number of piperazine rings is 1. The van der Waals surface area contributed by atoms with Crippen LogP contribution in [0.1, 0.15) is 0 Å². The lowest BCUT2D eigenvalue weighted by Crippen LogP contribution is -2.49. The lowest BCUT2D eigenvalue weighted by Gasteiger charge is -2.33. The van der Waals surface area contributed by atoms with Crippen molar-refractivity contribution in [3.8, 4) is 0 Å². The summed E-state index contributed by atoms with van der Waals surface area (Å²) < 4.78 is 32.6. The van der Waals surface area contributed by atoms with Crippen LogP contribution in [0.3, 0.4) is 0 Å². The number of rotatable bonds is 5. The number of sulfonamides is 1. The highest BCUT2D eigenvalue weighted by atomic mass is 79.9. The molecule has 1 fully saturated rings. The van der Waals surface area contributed by atoms with Crippen LogP contribution in [0, 0.1) is 0 Å². The van der Waals surface area contributed by atoms with Crippen molar-refractivity contribution in [1.29, 1.82) is 0 Å². The molecule has 1 aromatic heterocycles. The largest absolute Gasteiger partial charge is 0.383 e. The zero-order chi connectivity index (χ0) is 13.9. The molecule has 1 aliphatic heterocycles. The number of halogens is 1.